The quantitative estimate of drug-likeness (QED) is 0.161. The minimum atomic E-state index is -5.83. The van der Waals surface area contributed by atoms with Gasteiger partial charge in [0, 0.05) is 6.20 Å². The first-order valence-corrected chi connectivity index (χ1v) is 13.4. The van der Waals surface area contributed by atoms with Gasteiger partial charge in [-0.05, 0) is 0 Å². The molecule has 1 aromatic rings. The number of phosphoric ester groups is 1. The molecule has 7 N–H and O–H groups in total. The van der Waals surface area contributed by atoms with Crippen LogP contribution in [0.5, 0.6) is 0 Å². The predicted molar refractivity (Wildman–Crippen MR) is 99.9 cm³/mol. The molecule has 3 unspecified atom stereocenters. The minimum absolute atomic E-state index is 0.486. The Morgan fingerprint density at radius 2 is 1.85 bits per heavy atom. The first-order chi connectivity index (χ1) is 14.9. The van der Waals surface area contributed by atoms with E-state index in [0.29, 0.717) is 10.8 Å². The molecule has 1 aliphatic carbocycles. The Labute approximate surface area is 186 Å². The summed E-state index contributed by atoms with van der Waals surface area (Å²) >= 11 is 5.69. The highest BCUT2D eigenvalue weighted by Gasteiger charge is 2.83. The maximum absolute atomic E-state index is 15.4. The van der Waals surface area contributed by atoms with Crippen LogP contribution < -0.4 is 11.4 Å². The van der Waals surface area contributed by atoms with Crippen LogP contribution in [0.1, 0.15) is 6.04 Å². The molecule has 33 heavy (non-hydrogen) atoms. The fraction of sp³-hybridized carbons (Fsp3) is 0.636. The third-order valence-electron chi connectivity index (χ3n) is 4.69. The summed E-state index contributed by atoms with van der Waals surface area (Å²) in [6, 6.07) is -1.58. The van der Waals surface area contributed by atoms with Crippen LogP contribution in [-0.2, 0) is 31.6 Å². The molecule has 0 amide bonds. The number of aliphatic hydroxyl groups is 1. The molecule has 188 valence electrons. The molecule has 0 bridgehead atoms. The van der Waals surface area contributed by atoms with Crippen LogP contribution in [0.25, 0.3) is 0 Å². The lowest BCUT2D eigenvalue weighted by Crippen LogP contribution is -2.52. The van der Waals surface area contributed by atoms with Gasteiger partial charge >= 0.3 is 29.2 Å². The number of nitrogen functional groups attached to an aromatic ring is 1. The van der Waals surface area contributed by atoms with Crippen molar-refractivity contribution in [1.29, 1.82) is 0 Å². The molecule has 2 fully saturated rings. The van der Waals surface area contributed by atoms with Crippen LogP contribution >= 0.6 is 35.1 Å². The van der Waals surface area contributed by atoms with Crippen molar-refractivity contribution >= 4 is 40.9 Å². The largest absolute Gasteiger partial charge is 0.490 e. The molecule has 1 aliphatic heterocycles. The molecule has 1 saturated carbocycles. The fourth-order valence-electron chi connectivity index (χ4n) is 3.29. The maximum Gasteiger partial charge on any atom is 0.490 e. The monoisotopic (exact) mass is 563 g/mol. The van der Waals surface area contributed by atoms with Gasteiger partial charge in [0.1, 0.15) is 23.9 Å². The standard InChI is InChI=1S/C11H15ClF2N3O13P3/c12-2-10(3-27-32(23,24)30-33(25,26)29-31(20,21)22)8(18)11(14)5(6(11)28-10)17-1-4(13)7(15)16-9(17)19/h1,5-6,8,18H,2-3H2,(H,23,24)(H,25,26)(H2,15,16,19)(H2,20,21,22)/t5?,6-,8+,10+,11+/m0/s1. The average molecular weight is 564 g/mol. The summed E-state index contributed by atoms with van der Waals surface area (Å²) in [5.41, 5.74) is -1.05. The van der Waals surface area contributed by atoms with Crippen molar-refractivity contribution in [2.75, 3.05) is 18.2 Å². The van der Waals surface area contributed by atoms with E-state index in [1.165, 1.54) is 0 Å². The van der Waals surface area contributed by atoms with E-state index < -0.39 is 82.8 Å². The van der Waals surface area contributed by atoms with E-state index in [0.717, 1.165) is 0 Å². The Morgan fingerprint density at radius 3 is 2.33 bits per heavy atom. The number of aromatic nitrogens is 2. The van der Waals surface area contributed by atoms with Crippen molar-refractivity contribution in [3.8, 4) is 0 Å². The number of ether oxygens (including phenoxy) is 1. The Kier molecular flexibility index (Phi) is 6.79. The van der Waals surface area contributed by atoms with E-state index in [1.807, 2.05) is 0 Å². The second kappa shape index (κ2) is 8.38. The molecular weight excluding hydrogens is 549 g/mol. The SMILES string of the molecule is Nc1nc(=O)n(C2[C@@H]3O[C@](CCl)(COP(=O)(O)OP(=O)(O)OP(=O)(O)O)[C@@H](O)[C@@]23F)cc1F. The topological polar surface area (TPSA) is 250 Å². The Balaban J connectivity index is 1.75. The summed E-state index contributed by atoms with van der Waals surface area (Å²) in [5, 5.41) is 10.5. The zero-order valence-electron chi connectivity index (χ0n) is 15.7. The van der Waals surface area contributed by atoms with E-state index >= 15 is 4.39 Å². The molecule has 2 heterocycles. The van der Waals surface area contributed by atoms with Gasteiger partial charge in [-0.25, -0.2) is 27.3 Å². The van der Waals surface area contributed by atoms with Crippen molar-refractivity contribution in [2.24, 2.45) is 0 Å². The average Bonchev–Trinajstić information content (AvgIpc) is 3.14. The molecule has 1 aromatic heterocycles. The summed E-state index contributed by atoms with van der Waals surface area (Å²) in [4.78, 5) is 50.7. The number of rotatable bonds is 9. The molecule has 22 heteroatoms. The van der Waals surface area contributed by atoms with Gasteiger partial charge in [0.15, 0.2) is 17.3 Å². The number of halogens is 3. The minimum Gasteiger partial charge on any atom is -0.386 e. The number of nitrogens with two attached hydrogens (primary N) is 1. The van der Waals surface area contributed by atoms with E-state index in [9.17, 15) is 32.9 Å². The van der Waals surface area contributed by atoms with E-state index in [1.54, 1.807) is 0 Å². The lowest BCUT2D eigenvalue weighted by molar-refractivity contribution is -0.115. The second-order valence-corrected chi connectivity index (χ2v) is 11.6. The number of anilines is 1. The number of alkyl halides is 2. The van der Waals surface area contributed by atoms with Gasteiger partial charge in [0.2, 0.25) is 0 Å². The first kappa shape index (κ1) is 26.8. The highest BCUT2D eigenvalue weighted by atomic mass is 35.5. The number of fused-ring (bicyclic) bond motifs is 1. The molecule has 1 saturated heterocycles. The van der Waals surface area contributed by atoms with Gasteiger partial charge in [0.25, 0.3) is 0 Å². The maximum atomic E-state index is 15.4. The van der Waals surface area contributed by atoms with Crippen LogP contribution in [-0.4, -0.2) is 70.2 Å². The molecule has 0 aromatic carbocycles. The van der Waals surface area contributed by atoms with Crippen LogP contribution in [0.2, 0.25) is 0 Å². The fourth-order valence-corrected chi connectivity index (χ4v) is 6.65. The summed E-state index contributed by atoms with van der Waals surface area (Å²) in [6.45, 7) is -1.25. The summed E-state index contributed by atoms with van der Waals surface area (Å²) in [5.74, 6) is -2.70. The highest BCUT2D eigenvalue weighted by molar-refractivity contribution is 7.66. The molecule has 3 rings (SSSR count). The Morgan fingerprint density at radius 1 is 1.24 bits per heavy atom. The predicted octanol–water partition coefficient (Wildman–Crippen LogP) is -0.692. The first-order valence-electron chi connectivity index (χ1n) is 8.31. The van der Waals surface area contributed by atoms with Crippen LogP contribution in [0.4, 0.5) is 14.6 Å². The van der Waals surface area contributed by atoms with Crippen molar-refractivity contribution < 1.29 is 65.0 Å². The molecule has 0 spiro atoms. The number of hydrogen-bond acceptors (Lipinski definition) is 11. The third-order valence-corrected chi connectivity index (χ3v) is 8.93. The summed E-state index contributed by atoms with van der Waals surface area (Å²) < 4.78 is 80.1. The molecule has 2 aliphatic rings. The summed E-state index contributed by atoms with van der Waals surface area (Å²) in [6.07, 6.45) is -3.34. The molecular formula is C11H15ClF2N3O13P3. The summed E-state index contributed by atoms with van der Waals surface area (Å²) in [7, 11) is -17.1. The van der Waals surface area contributed by atoms with E-state index in [-0.39, 0.29) is 0 Å². The lowest BCUT2D eigenvalue weighted by Gasteiger charge is -2.34. The number of nitrogens with zero attached hydrogens (tertiary/aromatic N) is 2. The smallest absolute Gasteiger partial charge is 0.386 e. The van der Waals surface area contributed by atoms with Gasteiger partial charge in [-0.2, -0.15) is 13.6 Å². The Hall–Kier alpha value is -0.840. The zero-order chi connectivity index (χ0) is 25.2. The second-order valence-electron chi connectivity index (χ2n) is 6.94. The van der Waals surface area contributed by atoms with Crippen molar-refractivity contribution in [3.05, 3.63) is 22.5 Å². The van der Waals surface area contributed by atoms with Crippen molar-refractivity contribution in [1.82, 2.24) is 9.55 Å². The lowest BCUT2D eigenvalue weighted by atomic mass is 9.95. The highest BCUT2D eigenvalue weighted by Crippen LogP contribution is 2.68. The number of hydrogen-bond donors (Lipinski definition) is 6. The van der Waals surface area contributed by atoms with Crippen molar-refractivity contribution in [3.63, 3.8) is 0 Å². The van der Waals surface area contributed by atoms with E-state index in [2.05, 4.69) is 18.1 Å². The van der Waals surface area contributed by atoms with Gasteiger partial charge in [-0.1, -0.05) is 0 Å². The van der Waals surface area contributed by atoms with Gasteiger partial charge in [-0.15, -0.1) is 11.6 Å². The van der Waals surface area contributed by atoms with Gasteiger partial charge in [-0.3, -0.25) is 9.09 Å². The van der Waals surface area contributed by atoms with Crippen LogP contribution in [0.15, 0.2) is 11.0 Å². The van der Waals surface area contributed by atoms with E-state index in [4.69, 9.17) is 36.8 Å². The Bertz CT molecular complexity index is 1170. The number of aliphatic hydroxyl groups excluding tert-OH is 1. The molecule has 0 radical (unpaired) electrons. The molecule has 16 nitrogen and oxygen atoms in total. The third kappa shape index (κ3) is 5.09. The van der Waals surface area contributed by atoms with Gasteiger partial charge in [0.05, 0.1) is 12.5 Å². The van der Waals surface area contributed by atoms with Crippen LogP contribution in [0, 0.1) is 5.82 Å². The number of phosphoric acid groups is 3. The molecule has 7 atom stereocenters. The van der Waals surface area contributed by atoms with Crippen molar-refractivity contribution in [2.45, 2.75) is 29.5 Å². The van der Waals surface area contributed by atoms with Crippen LogP contribution in [0.3, 0.4) is 0 Å². The van der Waals surface area contributed by atoms with Gasteiger partial charge < -0.3 is 35.2 Å². The normalized spacial score (nSPS) is 35.0. The zero-order valence-corrected chi connectivity index (χ0v) is 19.1.